The SMILES string of the molecule is CCCC1CC(NCCCOCC2CC2)CCO1. The third-order valence-electron chi connectivity index (χ3n) is 3.93. The average Bonchev–Trinajstić information content (AvgIpc) is 3.19. The molecule has 2 atom stereocenters. The van der Waals surface area contributed by atoms with Gasteiger partial charge in [0.05, 0.1) is 6.10 Å². The van der Waals surface area contributed by atoms with Gasteiger partial charge in [-0.15, -0.1) is 0 Å². The lowest BCUT2D eigenvalue weighted by molar-refractivity contribution is -0.00344. The van der Waals surface area contributed by atoms with Gasteiger partial charge in [0.25, 0.3) is 0 Å². The molecule has 1 aliphatic heterocycles. The molecule has 0 amide bonds. The van der Waals surface area contributed by atoms with Crippen molar-refractivity contribution in [2.24, 2.45) is 5.92 Å². The van der Waals surface area contributed by atoms with Crippen molar-refractivity contribution in [2.75, 3.05) is 26.4 Å². The van der Waals surface area contributed by atoms with Crippen molar-refractivity contribution in [1.29, 1.82) is 0 Å². The third-order valence-corrected chi connectivity index (χ3v) is 3.93. The van der Waals surface area contributed by atoms with E-state index in [9.17, 15) is 0 Å². The molecule has 1 saturated heterocycles. The first-order valence-electron chi connectivity index (χ1n) is 7.81. The Hall–Kier alpha value is -0.120. The summed E-state index contributed by atoms with van der Waals surface area (Å²) in [5.74, 6) is 0.892. The average molecular weight is 255 g/mol. The molecule has 106 valence electrons. The monoisotopic (exact) mass is 255 g/mol. The molecular formula is C15H29NO2. The number of ether oxygens (including phenoxy) is 2. The van der Waals surface area contributed by atoms with Crippen LogP contribution in [0.15, 0.2) is 0 Å². The van der Waals surface area contributed by atoms with Gasteiger partial charge in [0, 0.05) is 25.9 Å². The van der Waals surface area contributed by atoms with Crippen LogP contribution in [-0.2, 0) is 9.47 Å². The molecule has 3 heteroatoms. The van der Waals surface area contributed by atoms with E-state index in [0.29, 0.717) is 12.1 Å². The number of rotatable bonds is 9. The second-order valence-corrected chi connectivity index (χ2v) is 5.83. The number of hydrogen-bond donors (Lipinski definition) is 1. The van der Waals surface area contributed by atoms with Crippen LogP contribution in [0.5, 0.6) is 0 Å². The molecule has 0 aromatic rings. The highest BCUT2D eigenvalue weighted by Crippen LogP contribution is 2.28. The molecule has 0 spiro atoms. The van der Waals surface area contributed by atoms with Gasteiger partial charge in [-0.2, -0.15) is 0 Å². The molecule has 2 fully saturated rings. The third kappa shape index (κ3) is 5.68. The van der Waals surface area contributed by atoms with Crippen LogP contribution in [-0.4, -0.2) is 38.5 Å². The van der Waals surface area contributed by atoms with E-state index in [1.165, 1.54) is 38.5 Å². The predicted molar refractivity (Wildman–Crippen MR) is 73.8 cm³/mol. The molecule has 1 heterocycles. The van der Waals surface area contributed by atoms with E-state index < -0.39 is 0 Å². The van der Waals surface area contributed by atoms with E-state index in [-0.39, 0.29) is 0 Å². The molecule has 0 bridgehead atoms. The number of nitrogens with one attached hydrogen (secondary N) is 1. The molecular weight excluding hydrogens is 226 g/mol. The minimum atomic E-state index is 0.493. The fourth-order valence-corrected chi connectivity index (χ4v) is 2.60. The van der Waals surface area contributed by atoms with E-state index >= 15 is 0 Å². The van der Waals surface area contributed by atoms with Crippen LogP contribution in [0.1, 0.15) is 51.9 Å². The Morgan fingerprint density at radius 3 is 2.94 bits per heavy atom. The standard InChI is InChI=1S/C15H29NO2/c1-2-4-15-11-14(7-10-18-15)16-8-3-9-17-12-13-5-6-13/h13-16H,2-12H2,1H3. The van der Waals surface area contributed by atoms with Gasteiger partial charge in [-0.1, -0.05) is 13.3 Å². The van der Waals surface area contributed by atoms with Gasteiger partial charge in [-0.05, 0) is 51.0 Å². The zero-order chi connectivity index (χ0) is 12.6. The van der Waals surface area contributed by atoms with Crippen molar-refractivity contribution in [3.05, 3.63) is 0 Å². The molecule has 2 aliphatic rings. The van der Waals surface area contributed by atoms with Gasteiger partial charge in [0.15, 0.2) is 0 Å². The van der Waals surface area contributed by atoms with Crippen LogP contribution in [0.4, 0.5) is 0 Å². The maximum absolute atomic E-state index is 5.76. The van der Waals surface area contributed by atoms with Crippen LogP contribution < -0.4 is 5.32 Å². The summed E-state index contributed by atoms with van der Waals surface area (Å²) in [6.07, 6.45) is 9.21. The van der Waals surface area contributed by atoms with Gasteiger partial charge in [0.2, 0.25) is 0 Å². The van der Waals surface area contributed by atoms with Crippen LogP contribution in [0, 0.1) is 5.92 Å². The van der Waals surface area contributed by atoms with Crippen molar-refractivity contribution in [1.82, 2.24) is 5.32 Å². The zero-order valence-corrected chi connectivity index (χ0v) is 11.8. The van der Waals surface area contributed by atoms with Crippen molar-refractivity contribution >= 4 is 0 Å². The summed E-state index contributed by atoms with van der Waals surface area (Å²) in [7, 11) is 0. The first-order valence-corrected chi connectivity index (χ1v) is 7.81. The van der Waals surface area contributed by atoms with Gasteiger partial charge >= 0.3 is 0 Å². The lowest BCUT2D eigenvalue weighted by atomic mass is 10.00. The van der Waals surface area contributed by atoms with Gasteiger partial charge in [0.1, 0.15) is 0 Å². The Morgan fingerprint density at radius 1 is 1.28 bits per heavy atom. The maximum atomic E-state index is 5.76. The molecule has 1 aliphatic carbocycles. The Labute approximate surface area is 112 Å². The lowest BCUT2D eigenvalue weighted by Gasteiger charge is -2.30. The van der Waals surface area contributed by atoms with Crippen LogP contribution in [0.3, 0.4) is 0 Å². The molecule has 1 saturated carbocycles. The topological polar surface area (TPSA) is 30.5 Å². The second-order valence-electron chi connectivity index (χ2n) is 5.83. The summed E-state index contributed by atoms with van der Waals surface area (Å²) in [4.78, 5) is 0. The first kappa shape index (κ1) is 14.3. The molecule has 2 rings (SSSR count). The van der Waals surface area contributed by atoms with Crippen molar-refractivity contribution in [3.63, 3.8) is 0 Å². The summed E-state index contributed by atoms with van der Waals surface area (Å²) in [6, 6.07) is 0.665. The van der Waals surface area contributed by atoms with E-state index in [4.69, 9.17) is 9.47 Å². The molecule has 0 aromatic heterocycles. The van der Waals surface area contributed by atoms with Crippen molar-refractivity contribution in [2.45, 2.75) is 64.0 Å². The summed E-state index contributed by atoms with van der Waals surface area (Å²) in [6.45, 7) is 6.17. The van der Waals surface area contributed by atoms with Crippen molar-refractivity contribution < 1.29 is 9.47 Å². The lowest BCUT2D eigenvalue weighted by Crippen LogP contribution is -2.39. The zero-order valence-electron chi connectivity index (χ0n) is 11.8. The minimum Gasteiger partial charge on any atom is -0.381 e. The minimum absolute atomic E-state index is 0.493. The largest absolute Gasteiger partial charge is 0.381 e. The summed E-state index contributed by atoms with van der Waals surface area (Å²) < 4.78 is 11.4. The number of hydrogen-bond acceptors (Lipinski definition) is 3. The van der Waals surface area contributed by atoms with Gasteiger partial charge in [-0.3, -0.25) is 0 Å². The van der Waals surface area contributed by atoms with Gasteiger partial charge < -0.3 is 14.8 Å². The summed E-state index contributed by atoms with van der Waals surface area (Å²) >= 11 is 0. The Balaban J connectivity index is 1.44. The van der Waals surface area contributed by atoms with E-state index in [0.717, 1.165) is 38.7 Å². The molecule has 0 radical (unpaired) electrons. The summed E-state index contributed by atoms with van der Waals surface area (Å²) in [5.41, 5.74) is 0. The predicted octanol–water partition coefficient (Wildman–Crippen LogP) is 2.74. The summed E-state index contributed by atoms with van der Waals surface area (Å²) in [5, 5.41) is 3.65. The molecule has 1 N–H and O–H groups in total. The Kier molecular flexibility index (Phi) is 6.46. The quantitative estimate of drug-likeness (QED) is 0.643. The fraction of sp³-hybridized carbons (Fsp3) is 1.00. The van der Waals surface area contributed by atoms with E-state index in [1.54, 1.807) is 0 Å². The second kappa shape index (κ2) is 8.13. The van der Waals surface area contributed by atoms with Gasteiger partial charge in [-0.25, -0.2) is 0 Å². The Morgan fingerprint density at radius 2 is 2.17 bits per heavy atom. The molecule has 3 nitrogen and oxygen atoms in total. The van der Waals surface area contributed by atoms with E-state index in [1.807, 2.05) is 0 Å². The molecule has 0 aromatic carbocycles. The normalized spacial score (nSPS) is 28.5. The van der Waals surface area contributed by atoms with E-state index in [2.05, 4.69) is 12.2 Å². The Bertz CT molecular complexity index is 217. The van der Waals surface area contributed by atoms with Crippen LogP contribution in [0.2, 0.25) is 0 Å². The smallest absolute Gasteiger partial charge is 0.0589 e. The van der Waals surface area contributed by atoms with Crippen molar-refractivity contribution in [3.8, 4) is 0 Å². The highest BCUT2D eigenvalue weighted by atomic mass is 16.5. The van der Waals surface area contributed by atoms with Crippen LogP contribution >= 0.6 is 0 Å². The highest BCUT2D eigenvalue weighted by Gasteiger charge is 2.22. The fourth-order valence-electron chi connectivity index (χ4n) is 2.60. The molecule has 18 heavy (non-hydrogen) atoms. The maximum Gasteiger partial charge on any atom is 0.0589 e. The highest BCUT2D eigenvalue weighted by molar-refractivity contribution is 4.76. The first-order chi connectivity index (χ1) is 8.88. The molecule has 2 unspecified atom stereocenters. The van der Waals surface area contributed by atoms with Crippen LogP contribution in [0.25, 0.3) is 0 Å².